The summed E-state index contributed by atoms with van der Waals surface area (Å²) in [6.45, 7) is 5.64. The zero-order valence-corrected chi connectivity index (χ0v) is 19.6. The molecule has 2 N–H and O–H groups in total. The van der Waals surface area contributed by atoms with Crippen molar-refractivity contribution in [3.05, 3.63) is 64.8 Å². The Morgan fingerprint density at radius 2 is 1.81 bits per heavy atom. The second-order valence-electron chi connectivity index (χ2n) is 7.70. The molecule has 0 aliphatic rings. The Balaban J connectivity index is 1.61. The van der Waals surface area contributed by atoms with Crippen molar-refractivity contribution >= 4 is 38.9 Å². The zero-order chi connectivity index (χ0) is 23.3. The average Bonchev–Trinajstić information content (AvgIpc) is 3.20. The summed E-state index contributed by atoms with van der Waals surface area (Å²) >= 11 is 5.85. The number of rotatable bonds is 9. The topological polar surface area (TPSA) is 114 Å². The largest absolute Gasteiger partial charge is 0.339 e. The Labute approximate surface area is 192 Å². The first-order valence-corrected chi connectivity index (χ1v) is 12.0. The molecule has 1 aromatic heterocycles. The molecule has 0 saturated carbocycles. The van der Waals surface area contributed by atoms with Crippen molar-refractivity contribution in [2.45, 2.75) is 50.8 Å². The summed E-state index contributed by atoms with van der Waals surface area (Å²) in [4.78, 5) is 16.7. The van der Waals surface area contributed by atoms with E-state index in [9.17, 15) is 13.2 Å². The van der Waals surface area contributed by atoms with Crippen molar-refractivity contribution in [3.63, 3.8) is 0 Å². The van der Waals surface area contributed by atoms with Crippen LogP contribution in [0.2, 0.25) is 5.02 Å². The quantitative estimate of drug-likeness (QED) is 0.453. The molecular formula is C22H25ClN4O4S. The number of hydrogen-bond donors (Lipinski definition) is 2. The summed E-state index contributed by atoms with van der Waals surface area (Å²) in [5.41, 5.74) is 1.35. The zero-order valence-electron chi connectivity index (χ0n) is 18.1. The fourth-order valence-electron chi connectivity index (χ4n) is 2.92. The fraction of sp³-hybridized carbons (Fsp3) is 0.318. The van der Waals surface area contributed by atoms with Crippen molar-refractivity contribution in [1.82, 2.24) is 10.1 Å². The molecule has 0 unspecified atom stereocenters. The van der Waals surface area contributed by atoms with Crippen LogP contribution in [0.4, 0.5) is 11.4 Å². The fourth-order valence-corrected chi connectivity index (χ4v) is 4.38. The second kappa shape index (κ2) is 10.1. The number of sulfonamides is 1. The minimum Gasteiger partial charge on any atom is -0.339 e. The molecule has 3 rings (SSSR count). The molecule has 10 heteroatoms. The first-order chi connectivity index (χ1) is 15.1. The third kappa shape index (κ3) is 6.30. The van der Waals surface area contributed by atoms with Gasteiger partial charge in [-0.1, -0.05) is 36.7 Å². The number of anilines is 2. The maximum atomic E-state index is 12.8. The number of amides is 1. The molecule has 0 saturated heterocycles. The lowest BCUT2D eigenvalue weighted by atomic mass is 10.2. The third-order valence-corrected chi connectivity index (χ3v) is 6.43. The number of nitrogens with zero attached hydrogens (tertiary/aromatic N) is 2. The Morgan fingerprint density at radius 3 is 2.47 bits per heavy atom. The highest BCUT2D eigenvalue weighted by molar-refractivity contribution is 7.92. The molecule has 1 amide bonds. The van der Waals surface area contributed by atoms with Gasteiger partial charge in [0.2, 0.25) is 11.8 Å². The van der Waals surface area contributed by atoms with Gasteiger partial charge in [0.05, 0.1) is 4.90 Å². The predicted molar refractivity (Wildman–Crippen MR) is 123 cm³/mol. The van der Waals surface area contributed by atoms with Crippen LogP contribution in [-0.2, 0) is 21.2 Å². The van der Waals surface area contributed by atoms with E-state index >= 15 is 0 Å². The number of nitrogens with one attached hydrogen (secondary N) is 2. The lowest BCUT2D eigenvalue weighted by Crippen LogP contribution is -2.16. The van der Waals surface area contributed by atoms with E-state index in [1.54, 1.807) is 43.3 Å². The maximum absolute atomic E-state index is 12.8. The van der Waals surface area contributed by atoms with E-state index in [1.165, 1.54) is 6.07 Å². The molecule has 0 radical (unpaired) electrons. The monoisotopic (exact) mass is 476 g/mol. The van der Waals surface area contributed by atoms with Crippen LogP contribution in [0.25, 0.3) is 0 Å². The highest BCUT2D eigenvalue weighted by Crippen LogP contribution is 2.24. The molecule has 0 spiro atoms. The summed E-state index contributed by atoms with van der Waals surface area (Å²) in [7, 11) is -3.84. The molecule has 8 nitrogen and oxygen atoms in total. The standard InChI is InChI=1S/C22H25ClN4O4S/c1-14(2)22-25-21(31-26-22)6-4-5-20(28)24-18-10-7-15(3)19(13-18)32(29,30)27-17-11-8-16(23)9-12-17/h7-14,27H,4-6H2,1-3H3,(H,24,28). The number of aryl methyl sites for hydroxylation is 2. The number of benzene rings is 2. The minimum atomic E-state index is -3.84. The maximum Gasteiger partial charge on any atom is 0.262 e. The molecule has 0 atom stereocenters. The van der Waals surface area contributed by atoms with Crippen LogP contribution < -0.4 is 10.0 Å². The molecule has 0 bridgehead atoms. The van der Waals surface area contributed by atoms with Gasteiger partial charge in [0.1, 0.15) is 0 Å². The average molecular weight is 477 g/mol. The molecule has 0 aliphatic carbocycles. The van der Waals surface area contributed by atoms with Crippen molar-refractivity contribution in [2.24, 2.45) is 0 Å². The molecule has 0 aliphatic heterocycles. The first kappa shape index (κ1) is 23.7. The molecule has 3 aromatic rings. The second-order valence-corrected chi connectivity index (χ2v) is 9.78. The summed E-state index contributed by atoms with van der Waals surface area (Å²) in [6.07, 6.45) is 1.25. The Bertz CT molecular complexity index is 1190. The number of carbonyl (C=O) groups is 1. The predicted octanol–water partition coefficient (Wildman–Crippen LogP) is 4.92. The molecule has 32 heavy (non-hydrogen) atoms. The van der Waals surface area contributed by atoms with Crippen LogP contribution >= 0.6 is 11.6 Å². The van der Waals surface area contributed by atoms with Gasteiger partial charge in [-0.05, 0) is 55.3 Å². The van der Waals surface area contributed by atoms with Crippen molar-refractivity contribution < 1.29 is 17.7 Å². The number of hydrogen-bond acceptors (Lipinski definition) is 6. The first-order valence-electron chi connectivity index (χ1n) is 10.2. The van der Waals surface area contributed by atoms with Gasteiger partial charge in [0, 0.05) is 35.2 Å². The summed E-state index contributed by atoms with van der Waals surface area (Å²) < 4.78 is 33.4. The molecular weight excluding hydrogens is 452 g/mol. The van der Waals surface area contributed by atoms with Gasteiger partial charge in [0.15, 0.2) is 5.82 Å². The van der Waals surface area contributed by atoms with Crippen LogP contribution in [0.3, 0.4) is 0 Å². The van der Waals surface area contributed by atoms with Crippen molar-refractivity contribution in [3.8, 4) is 0 Å². The van der Waals surface area contributed by atoms with Crippen LogP contribution in [0.1, 0.15) is 49.9 Å². The van der Waals surface area contributed by atoms with Gasteiger partial charge in [-0.3, -0.25) is 9.52 Å². The number of carbonyl (C=O) groups excluding carboxylic acids is 1. The lowest BCUT2D eigenvalue weighted by molar-refractivity contribution is -0.116. The van der Waals surface area contributed by atoms with Gasteiger partial charge in [-0.2, -0.15) is 4.98 Å². The van der Waals surface area contributed by atoms with Crippen LogP contribution in [-0.4, -0.2) is 24.5 Å². The summed E-state index contributed by atoms with van der Waals surface area (Å²) in [5, 5.41) is 7.16. The number of aromatic nitrogens is 2. The molecule has 2 aromatic carbocycles. The van der Waals surface area contributed by atoms with Gasteiger partial charge < -0.3 is 9.84 Å². The van der Waals surface area contributed by atoms with E-state index in [2.05, 4.69) is 20.2 Å². The summed E-state index contributed by atoms with van der Waals surface area (Å²) in [6, 6.07) is 11.1. The minimum absolute atomic E-state index is 0.0809. The van der Waals surface area contributed by atoms with E-state index in [0.717, 1.165) is 0 Å². The Hall–Kier alpha value is -2.91. The Kier molecular flexibility index (Phi) is 7.52. The van der Waals surface area contributed by atoms with E-state index in [-0.39, 0.29) is 23.1 Å². The lowest BCUT2D eigenvalue weighted by Gasteiger charge is -2.13. The SMILES string of the molecule is Cc1ccc(NC(=O)CCCc2nc(C(C)C)no2)cc1S(=O)(=O)Nc1ccc(Cl)cc1. The van der Waals surface area contributed by atoms with E-state index in [0.29, 0.717) is 46.5 Å². The van der Waals surface area contributed by atoms with E-state index < -0.39 is 10.0 Å². The van der Waals surface area contributed by atoms with Crippen molar-refractivity contribution in [1.29, 1.82) is 0 Å². The van der Waals surface area contributed by atoms with E-state index in [1.807, 2.05) is 13.8 Å². The van der Waals surface area contributed by atoms with Crippen LogP contribution in [0.5, 0.6) is 0 Å². The van der Waals surface area contributed by atoms with Crippen LogP contribution in [0, 0.1) is 6.92 Å². The van der Waals surface area contributed by atoms with Gasteiger partial charge in [0.25, 0.3) is 10.0 Å². The number of halogens is 1. The molecule has 0 fully saturated rings. The highest BCUT2D eigenvalue weighted by atomic mass is 35.5. The Morgan fingerprint density at radius 1 is 1.12 bits per heavy atom. The van der Waals surface area contributed by atoms with E-state index in [4.69, 9.17) is 16.1 Å². The van der Waals surface area contributed by atoms with Crippen molar-refractivity contribution in [2.75, 3.05) is 10.0 Å². The summed E-state index contributed by atoms with van der Waals surface area (Å²) in [5.74, 6) is 1.09. The van der Waals surface area contributed by atoms with Crippen LogP contribution in [0.15, 0.2) is 51.9 Å². The van der Waals surface area contributed by atoms with Gasteiger partial charge in [-0.15, -0.1) is 0 Å². The normalized spacial score (nSPS) is 11.5. The van der Waals surface area contributed by atoms with Gasteiger partial charge >= 0.3 is 0 Å². The molecule has 1 heterocycles. The van der Waals surface area contributed by atoms with Gasteiger partial charge in [-0.25, -0.2) is 8.42 Å². The molecule has 170 valence electrons. The smallest absolute Gasteiger partial charge is 0.262 e. The highest BCUT2D eigenvalue weighted by Gasteiger charge is 2.18. The third-order valence-electron chi connectivity index (χ3n) is 4.65.